The zero-order valence-corrected chi connectivity index (χ0v) is 8.88. The van der Waals surface area contributed by atoms with Gasteiger partial charge in [-0.3, -0.25) is 4.90 Å². The van der Waals surface area contributed by atoms with Gasteiger partial charge in [0.15, 0.2) is 0 Å². The summed E-state index contributed by atoms with van der Waals surface area (Å²) in [5.41, 5.74) is 10.9. The van der Waals surface area contributed by atoms with E-state index < -0.39 is 6.10 Å². The van der Waals surface area contributed by atoms with Crippen molar-refractivity contribution in [1.29, 1.82) is 0 Å². The van der Waals surface area contributed by atoms with Gasteiger partial charge in [0.1, 0.15) is 5.82 Å². The number of nitrogens with zero attached hydrogens (tertiary/aromatic N) is 4. The highest BCUT2D eigenvalue weighted by Crippen LogP contribution is 2.02. The molecule has 5 N–H and O–H groups in total. The third-order valence-corrected chi connectivity index (χ3v) is 1.70. The van der Waals surface area contributed by atoms with Crippen LogP contribution in [-0.4, -0.2) is 44.7 Å². The lowest BCUT2D eigenvalue weighted by atomic mass is 10.3. The molecule has 84 valence electrons. The van der Waals surface area contributed by atoms with Crippen LogP contribution in [0.3, 0.4) is 0 Å². The van der Waals surface area contributed by atoms with Crippen molar-refractivity contribution >= 4 is 11.9 Å². The second kappa shape index (κ2) is 4.85. The van der Waals surface area contributed by atoms with Crippen molar-refractivity contribution in [3.05, 3.63) is 5.82 Å². The molecule has 7 nitrogen and oxygen atoms in total. The average Bonchev–Trinajstić information content (AvgIpc) is 1.98. The lowest BCUT2D eigenvalue weighted by molar-refractivity contribution is 0.137. The molecule has 1 unspecified atom stereocenters. The molecule has 1 aromatic heterocycles. The molecule has 0 aliphatic rings. The predicted molar refractivity (Wildman–Crippen MR) is 56.7 cm³/mol. The number of aromatic nitrogens is 3. The Bertz CT molecular complexity index is 309. The first-order valence-electron chi connectivity index (χ1n) is 4.60. The van der Waals surface area contributed by atoms with Gasteiger partial charge in [0.05, 0.1) is 12.6 Å². The number of nitrogens with two attached hydrogens (primary N) is 2. The third kappa shape index (κ3) is 4.05. The number of aliphatic hydroxyl groups is 1. The molecule has 0 fully saturated rings. The molecule has 0 aliphatic heterocycles. The van der Waals surface area contributed by atoms with E-state index >= 15 is 0 Å². The van der Waals surface area contributed by atoms with Gasteiger partial charge in [-0.25, -0.2) is 0 Å². The molecule has 0 bridgehead atoms. The number of likely N-dealkylation sites (N-methyl/N-ethyl adjacent to an activating group) is 1. The van der Waals surface area contributed by atoms with Gasteiger partial charge in [-0.15, -0.1) is 0 Å². The summed E-state index contributed by atoms with van der Waals surface area (Å²) < 4.78 is 0. The Labute approximate surface area is 88.1 Å². The smallest absolute Gasteiger partial charge is 0.225 e. The molecule has 0 saturated heterocycles. The van der Waals surface area contributed by atoms with Crippen molar-refractivity contribution in [2.45, 2.75) is 19.6 Å². The van der Waals surface area contributed by atoms with E-state index in [1.807, 2.05) is 11.9 Å². The van der Waals surface area contributed by atoms with E-state index in [1.54, 1.807) is 6.92 Å². The molecule has 1 heterocycles. The molecule has 0 aromatic carbocycles. The van der Waals surface area contributed by atoms with Crippen LogP contribution in [0.25, 0.3) is 0 Å². The van der Waals surface area contributed by atoms with Crippen molar-refractivity contribution in [3.8, 4) is 0 Å². The fourth-order valence-electron chi connectivity index (χ4n) is 1.28. The maximum atomic E-state index is 9.17. The molecule has 0 saturated carbocycles. The highest BCUT2D eigenvalue weighted by Gasteiger charge is 2.07. The number of rotatable bonds is 4. The number of aliphatic hydroxyl groups excluding tert-OH is 1. The van der Waals surface area contributed by atoms with Crippen LogP contribution in [0.2, 0.25) is 0 Å². The molecule has 0 radical (unpaired) electrons. The lowest BCUT2D eigenvalue weighted by Crippen LogP contribution is -2.27. The quantitative estimate of drug-likeness (QED) is 0.577. The van der Waals surface area contributed by atoms with Gasteiger partial charge in [-0.1, -0.05) is 0 Å². The average molecular weight is 212 g/mol. The first-order chi connectivity index (χ1) is 6.97. The highest BCUT2D eigenvalue weighted by atomic mass is 16.3. The number of anilines is 2. The van der Waals surface area contributed by atoms with Crippen LogP contribution in [-0.2, 0) is 6.54 Å². The Kier molecular flexibility index (Phi) is 3.75. The molecule has 1 atom stereocenters. The molecule has 1 aromatic rings. The Morgan fingerprint density at radius 3 is 2.27 bits per heavy atom. The number of hydrogen-bond acceptors (Lipinski definition) is 7. The van der Waals surface area contributed by atoms with E-state index in [1.165, 1.54) is 0 Å². The highest BCUT2D eigenvalue weighted by molar-refractivity contribution is 5.25. The van der Waals surface area contributed by atoms with Crippen molar-refractivity contribution in [3.63, 3.8) is 0 Å². The van der Waals surface area contributed by atoms with Gasteiger partial charge >= 0.3 is 0 Å². The van der Waals surface area contributed by atoms with Crippen molar-refractivity contribution < 1.29 is 5.11 Å². The van der Waals surface area contributed by atoms with Crippen molar-refractivity contribution in [2.24, 2.45) is 0 Å². The van der Waals surface area contributed by atoms with Gasteiger partial charge in [0, 0.05) is 6.54 Å². The third-order valence-electron chi connectivity index (χ3n) is 1.70. The number of hydrogen-bond donors (Lipinski definition) is 3. The van der Waals surface area contributed by atoms with Gasteiger partial charge < -0.3 is 16.6 Å². The van der Waals surface area contributed by atoms with Crippen LogP contribution in [0.4, 0.5) is 11.9 Å². The first kappa shape index (κ1) is 11.6. The lowest BCUT2D eigenvalue weighted by Gasteiger charge is -2.17. The maximum absolute atomic E-state index is 9.17. The second-order valence-electron chi connectivity index (χ2n) is 3.51. The van der Waals surface area contributed by atoms with Crippen LogP contribution in [0, 0.1) is 0 Å². The second-order valence-corrected chi connectivity index (χ2v) is 3.51. The fraction of sp³-hybridized carbons (Fsp3) is 0.625. The van der Waals surface area contributed by atoms with Crippen molar-refractivity contribution in [1.82, 2.24) is 19.9 Å². The van der Waals surface area contributed by atoms with Crippen molar-refractivity contribution in [2.75, 3.05) is 25.1 Å². The molecule has 1 rings (SSSR count). The van der Waals surface area contributed by atoms with E-state index in [0.29, 0.717) is 18.9 Å². The first-order valence-corrected chi connectivity index (χ1v) is 4.60. The predicted octanol–water partition coefficient (Wildman–Crippen LogP) is -1.15. The molecule has 15 heavy (non-hydrogen) atoms. The van der Waals surface area contributed by atoms with Gasteiger partial charge in [0.2, 0.25) is 11.9 Å². The summed E-state index contributed by atoms with van der Waals surface area (Å²) in [6, 6.07) is 0. The summed E-state index contributed by atoms with van der Waals surface area (Å²) in [5.74, 6) is 0.731. The molecular weight excluding hydrogens is 196 g/mol. The van der Waals surface area contributed by atoms with E-state index in [4.69, 9.17) is 16.6 Å². The Hall–Kier alpha value is -1.47. The Morgan fingerprint density at radius 2 is 1.80 bits per heavy atom. The summed E-state index contributed by atoms with van der Waals surface area (Å²) >= 11 is 0. The molecule has 7 heteroatoms. The molecule has 0 amide bonds. The van der Waals surface area contributed by atoms with E-state index in [9.17, 15) is 0 Å². The summed E-state index contributed by atoms with van der Waals surface area (Å²) in [6.45, 7) is 2.72. The molecule has 0 spiro atoms. The van der Waals surface area contributed by atoms with Crippen LogP contribution in [0.5, 0.6) is 0 Å². The zero-order chi connectivity index (χ0) is 11.4. The number of nitrogen functional groups attached to an aromatic ring is 2. The minimum atomic E-state index is -0.397. The van der Waals surface area contributed by atoms with Crippen LogP contribution in [0.15, 0.2) is 0 Å². The summed E-state index contributed by atoms with van der Waals surface area (Å²) in [5, 5.41) is 9.17. The van der Waals surface area contributed by atoms with Gasteiger partial charge in [-0.05, 0) is 14.0 Å². The van der Waals surface area contributed by atoms with Gasteiger partial charge in [0.25, 0.3) is 0 Å². The monoisotopic (exact) mass is 212 g/mol. The summed E-state index contributed by atoms with van der Waals surface area (Å²) in [7, 11) is 1.85. The fourth-order valence-corrected chi connectivity index (χ4v) is 1.28. The van der Waals surface area contributed by atoms with E-state index in [-0.39, 0.29) is 11.9 Å². The Morgan fingerprint density at radius 1 is 1.27 bits per heavy atom. The van der Waals surface area contributed by atoms with Crippen LogP contribution >= 0.6 is 0 Å². The normalized spacial score (nSPS) is 13.1. The Balaban J connectivity index is 2.63. The minimum Gasteiger partial charge on any atom is -0.392 e. The maximum Gasteiger partial charge on any atom is 0.225 e. The van der Waals surface area contributed by atoms with E-state index in [2.05, 4.69) is 15.0 Å². The zero-order valence-electron chi connectivity index (χ0n) is 8.88. The molecular formula is C8H16N6O. The van der Waals surface area contributed by atoms with E-state index in [0.717, 1.165) is 0 Å². The molecule has 0 aliphatic carbocycles. The van der Waals surface area contributed by atoms with Crippen LogP contribution < -0.4 is 11.5 Å². The largest absolute Gasteiger partial charge is 0.392 e. The summed E-state index contributed by atoms with van der Waals surface area (Å²) in [4.78, 5) is 13.4. The van der Waals surface area contributed by atoms with Gasteiger partial charge in [-0.2, -0.15) is 15.0 Å². The van der Waals surface area contributed by atoms with Crippen LogP contribution in [0.1, 0.15) is 12.7 Å². The standard InChI is InChI=1S/C8H16N6O/c1-5(15)3-14(2)4-6-11-7(9)13-8(10)12-6/h5,15H,3-4H2,1-2H3,(H4,9,10,11,12,13). The SMILES string of the molecule is CC(O)CN(C)Cc1nc(N)nc(N)n1. The minimum absolute atomic E-state index is 0.114. The topological polar surface area (TPSA) is 114 Å². The summed E-state index contributed by atoms with van der Waals surface area (Å²) in [6.07, 6.45) is -0.397.